The van der Waals surface area contributed by atoms with E-state index in [1.54, 1.807) is 0 Å². The van der Waals surface area contributed by atoms with E-state index in [0.717, 1.165) is 58.9 Å². The average Bonchev–Trinajstić information content (AvgIpc) is 3.49. The van der Waals surface area contributed by atoms with Crippen LogP contribution in [0.4, 0.5) is 5.69 Å². The predicted molar refractivity (Wildman–Crippen MR) is 122 cm³/mol. The highest BCUT2D eigenvalue weighted by Gasteiger charge is 2.26. The molecule has 1 fully saturated rings. The van der Waals surface area contributed by atoms with Gasteiger partial charge in [-0.3, -0.25) is 9.59 Å². The van der Waals surface area contributed by atoms with Crippen molar-refractivity contribution < 1.29 is 14.0 Å². The molecule has 5 rings (SSSR count). The Morgan fingerprint density at radius 1 is 1.06 bits per heavy atom. The highest BCUT2D eigenvalue weighted by Crippen LogP contribution is 2.32. The van der Waals surface area contributed by atoms with Crippen LogP contribution in [0.5, 0.6) is 0 Å². The summed E-state index contributed by atoms with van der Waals surface area (Å²) in [4.78, 5) is 27.9. The maximum Gasteiger partial charge on any atom is 0.264 e. The molecule has 2 aliphatic rings. The third-order valence-corrected chi connectivity index (χ3v) is 7.13. The fraction of sp³-hybridized carbons (Fsp3) is 0.360. The first-order valence-corrected chi connectivity index (χ1v) is 11.9. The Morgan fingerprint density at radius 2 is 1.94 bits per heavy atom. The number of benzene rings is 1. The number of fused-ring (bicyclic) bond motifs is 1. The minimum absolute atomic E-state index is 0.0795. The molecule has 1 aromatic carbocycles. The number of nitrogens with one attached hydrogen (secondary N) is 1. The highest BCUT2D eigenvalue weighted by molar-refractivity contribution is 7.12. The van der Waals surface area contributed by atoms with Gasteiger partial charge in [-0.2, -0.15) is 0 Å². The molecule has 1 N–H and O–H groups in total. The number of hydrogen-bond acceptors (Lipinski definition) is 4. The lowest BCUT2D eigenvalue weighted by Crippen LogP contribution is -2.35. The molecule has 0 radical (unpaired) electrons. The Morgan fingerprint density at radius 3 is 2.74 bits per heavy atom. The number of carbonyl (C=O) groups excluding carboxylic acids is 2. The molecule has 2 aromatic heterocycles. The van der Waals surface area contributed by atoms with E-state index in [-0.39, 0.29) is 17.7 Å². The van der Waals surface area contributed by atoms with Gasteiger partial charge in [0.05, 0.1) is 4.88 Å². The van der Waals surface area contributed by atoms with Gasteiger partial charge in [-0.25, -0.2) is 0 Å². The Kier molecular flexibility index (Phi) is 5.64. The predicted octanol–water partition coefficient (Wildman–Crippen LogP) is 5.73. The quantitative estimate of drug-likeness (QED) is 0.571. The lowest BCUT2D eigenvalue weighted by molar-refractivity contribution is -0.120. The van der Waals surface area contributed by atoms with Gasteiger partial charge in [0.15, 0.2) is 0 Å². The standard InChI is InChI=1S/C25H26N2O3S/c28-24(17-6-2-1-3-7-17)26-20-9-4-8-18(14-20)22-15-19-16-27(12-11-21(19)30-22)25(29)23-10-5-13-31-23/h4-5,8-10,13-15,17H,1-3,6-7,11-12,16H2,(H,26,28). The first-order chi connectivity index (χ1) is 15.2. The van der Waals surface area contributed by atoms with Crippen LogP contribution in [0.2, 0.25) is 0 Å². The number of hydrogen-bond donors (Lipinski definition) is 1. The third-order valence-electron chi connectivity index (χ3n) is 6.28. The first-order valence-electron chi connectivity index (χ1n) is 11.0. The molecule has 1 saturated carbocycles. The monoisotopic (exact) mass is 434 g/mol. The maximum absolute atomic E-state index is 12.7. The van der Waals surface area contributed by atoms with E-state index < -0.39 is 0 Å². The molecule has 0 unspecified atom stereocenters. The summed E-state index contributed by atoms with van der Waals surface area (Å²) in [5, 5.41) is 5.02. The van der Waals surface area contributed by atoms with Crippen LogP contribution in [-0.2, 0) is 17.8 Å². The van der Waals surface area contributed by atoms with Gasteiger partial charge in [-0.15, -0.1) is 11.3 Å². The van der Waals surface area contributed by atoms with Crippen LogP contribution < -0.4 is 5.32 Å². The van der Waals surface area contributed by atoms with Gasteiger partial charge < -0.3 is 14.6 Å². The summed E-state index contributed by atoms with van der Waals surface area (Å²) in [6, 6.07) is 13.6. The Labute approximate surface area is 186 Å². The van der Waals surface area contributed by atoms with Crippen molar-refractivity contribution >= 4 is 28.8 Å². The van der Waals surface area contributed by atoms with Gasteiger partial charge in [0, 0.05) is 42.2 Å². The van der Waals surface area contributed by atoms with Crippen LogP contribution in [0, 0.1) is 5.92 Å². The van der Waals surface area contributed by atoms with Crippen molar-refractivity contribution in [2.75, 3.05) is 11.9 Å². The molecule has 6 heteroatoms. The Balaban J connectivity index is 1.30. The zero-order valence-electron chi connectivity index (χ0n) is 17.4. The van der Waals surface area contributed by atoms with Crippen LogP contribution in [-0.4, -0.2) is 23.3 Å². The Bertz CT molecular complexity index is 1080. The van der Waals surface area contributed by atoms with Crippen LogP contribution in [0.3, 0.4) is 0 Å². The van der Waals surface area contributed by atoms with Crippen molar-refractivity contribution in [3.63, 3.8) is 0 Å². The molecule has 1 aliphatic carbocycles. The van der Waals surface area contributed by atoms with Crippen LogP contribution in [0.15, 0.2) is 52.3 Å². The number of rotatable bonds is 4. The largest absolute Gasteiger partial charge is 0.461 e. The molecule has 1 aliphatic heterocycles. The second kappa shape index (κ2) is 8.71. The summed E-state index contributed by atoms with van der Waals surface area (Å²) < 4.78 is 6.14. The van der Waals surface area contributed by atoms with E-state index >= 15 is 0 Å². The summed E-state index contributed by atoms with van der Waals surface area (Å²) in [5.41, 5.74) is 2.80. The molecule has 0 saturated heterocycles. The first kappa shape index (κ1) is 20.1. The minimum Gasteiger partial charge on any atom is -0.461 e. The fourth-order valence-corrected chi connectivity index (χ4v) is 5.25. The van der Waals surface area contributed by atoms with Crippen molar-refractivity contribution in [2.45, 2.75) is 45.1 Å². The van der Waals surface area contributed by atoms with Gasteiger partial charge in [-0.1, -0.05) is 37.5 Å². The molecule has 5 nitrogen and oxygen atoms in total. The van der Waals surface area contributed by atoms with Gasteiger partial charge >= 0.3 is 0 Å². The molecular weight excluding hydrogens is 408 g/mol. The van der Waals surface area contributed by atoms with E-state index in [1.807, 2.05) is 52.7 Å². The maximum atomic E-state index is 12.7. The van der Waals surface area contributed by atoms with E-state index in [0.29, 0.717) is 19.5 Å². The summed E-state index contributed by atoms with van der Waals surface area (Å²) in [7, 11) is 0. The van der Waals surface area contributed by atoms with Crippen LogP contribution in [0.1, 0.15) is 53.1 Å². The van der Waals surface area contributed by atoms with Crippen LogP contribution >= 0.6 is 11.3 Å². The fourth-order valence-electron chi connectivity index (χ4n) is 4.56. The van der Waals surface area contributed by atoms with Crippen molar-refractivity contribution in [1.82, 2.24) is 4.90 Å². The number of carbonyl (C=O) groups is 2. The molecular formula is C25H26N2O3S. The van der Waals surface area contributed by atoms with Crippen molar-refractivity contribution in [1.29, 1.82) is 0 Å². The molecule has 0 bridgehead atoms. The lowest BCUT2D eigenvalue weighted by atomic mass is 9.88. The molecule has 0 spiro atoms. The van der Waals surface area contributed by atoms with E-state index in [2.05, 4.69) is 5.32 Å². The van der Waals surface area contributed by atoms with Gasteiger partial charge in [-0.05, 0) is 42.5 Å². The topological polar surface area (TPSA) is 62.6 Å². The second-order valence-electron chi connectivity index (χ2n) is 8.42. The number of amides is 2. The van der Waals surface area contributed by atoms with Gasteiger partial charge in [0.25, 0.3) is 5.91 Å². The number of furan rings is 1. The van der Waals surface area contributed by atoms with E-state index in [4.69, 9.17) is 4.42 Å². The highest BCUT2D eigenvalue weighted by atomic mass is 32.1. The second-order valence-corrected chi connectivity index (χ2v) is 9.37. The third kappa shape index (κ3) is 4.30. The lowest BCUT2D eigenvalue weighted by Gasteiger charge is -2.25. The molecule has 2 amide bonds. The SMILES string of the molecule is O=C(Nc1cccc(-c2cc3c(o2)CCN(C(=O)c2cccs2)C3)c1)C1CCCCC1. The zero-order chi connectivity index (χ0) is 21.2. The molecule has 3 aromatic rings. The Hall–Kier alpha value is -2.86. The minimum atomic E-state index is 0.0795. The summed E-state index contributed by atoms with van der Waals surface area (Å²) in [6.45, 7) is 1.22. The summed E-state index contributed by atoms with van der Waals surface area (Å²) in [5.74, 6) is 2.06. The van der Waals surface area contributed by atoms with Crippen molar-refractivity contribution in [2.24, 2.45) is 5.92 Å². The average molecular weight is 435 g/mol. The number of nitrogens with zero attached hydrogens (tertiary/aromatic N) is 1. The number of anilines is 1. The van der Waals surface area contributed by atoms with Crippen molar-refractivity contribution in [3.05, 3.63) is 64.0 Å². The smallest absolute Gasteiger partial charge is 0.264 e. The molecule has 160 valence electrons. The zero-order valence-corrected chi connectivity index (χ0v) is 18.2. The van der Waals surface area contributed by atoms with Gasteiger partial charge in [0.1, 0.15) is 11.5 Å². The number of thiophene rings is 1. The van der Waals surface area contributed by atoms with Crippen LogP contribution in [0.25, 0.3) is 11.3 Å². The summed E-state index contributed by atoms with van der Waals surface area (Å²) >= 11 is 1.48. The summed E-state index contributed by atoms with van der Waals surface area (Å²) in [6.07, 6.45) is 6.20. The normalized spacial score (nSPS) is 16.7. The van der Waals surface area contributed by atoms with Gasteiger partial charge in [0.2, 0.25) is 5.91 Å². The molecule has 0 atom stereocenters. The molecule has 31 heavy (non-hydrogen) atoms. The van der Waals surface area contributed by atoms with Crippen molar-refractivity contribution in [3.8, 4) is 11.3 Å². The van der Waals surface area contributed by atoms with E-state index in [1.165, 1.54) is 17.8 Å². The van der Waals surface area contributed by atoms with E-state index in [9.17, 15) is 9.59 Å². The molecule has 3 heterocycles.